The predicted molar refractivity (Wildman–Crippen MR) is 93.5 cm³/mol. The maximum atomic E-state index is 6.29. The van der Waals surface area contributed by atoms with Crippen LogP contribution in [0.15, 0.2) is 25.8 Å². The van der Waals surface area contributed by atoms with Crippen LogP contribution in [-0.2, 0) is 0 Å². The van der Waals surface area contributed by atoms with Crippen molar-refractivity contribution in [1.82, 2.24) is 0 Å². The van der Waals surface area contributed by atoms with E-state index in [-0.39, 0.29) is 4.83 Å². The van der Waals surface area contributed by atoms with Gasteiger partial charge in [0.1, 0.15) is 5.75 Å². The van der Waals surface area contributed by atoms with Crippen LogP contribution in [0.1, 0.15) is 16.0 Å². The van der Waals surface area contributed by atoms with Gasteiger partial charge in [-0.05, 0) is 55.1 Å². The van der Waals surface area contributed by atoms with Gasteiger partial charge in [-0.1, -0.05) is 39.1 Å². The van der Waals surface area contributed by atoms with Crippen LogP contribution in [0, 0.1) is 0 Å². The normalized spacial score (nSPS) is 12.5. The van der Waals surface area contributed by atoms with Crippen molar-refractivity contribution in [2.75, 3.05) is 7.11 Å². The standard InChI is InChI=1S/C12H7Br3Cl2OS/c1-18-9-4-7(16)5(2-8(9)17)11(14)6-3-10(13)19-12(6)15/h2-4,11H,1H3. The van der Waals surface area contributed by atoms with E-state index in [0.29, 0.717) is 15.8 Å². The first-order valence-corrected chi connectivity index (χ1v) is 9.13. The van der Waals surface area contributed by atoms with Gasteiger partial charge in [-0.2, -0.15) is 0 Å². The van der Waals surface area contributed by atoms with Crippen LogP contribution in [0.25, 0.3) is 0 Å². The highest BCUT2D eigenvalue weighted by Crippen LogP contribution is 2.45. The third-order valence-corrected chi connectivity index (χ3v) is 6.50. The molecule has 0 fully saturated rings. The molecule has 1 unspecified atom stereocenters. The maximum absolute atomic E-state index is 6.29. The fourth-order valence-corrected chi connectivity index (χ4v) is 6.33. The molecule has 1 heterocycles. The lowest BCUT2D eigenvalue weighted by Crippen LogP contribution is -1.95. The Balaban J connectivity index is 2.47. The van der Waals surface area contributed by atoms with Crippen LogP contribution < -0.4 is 4.74 Å². The smallest absolute Gasteiger partial charge is 0.138 e. The lowest BCUT2D eigenvalue weighted by Gasteiger charge is -2.14. The highest BCUT2D eigenvalue weighted by atomic mass is 79.9. The third kappa shape index (κ3) is 3.50. The van der Waals surface area contributed by atoms with Crippen molar-refractivity contribution in [2.45, 2.75) is 4.83 Å². The lowest BCUT2D eigenvalue weighted by molar-refractivity contribution is 0.415. The Bertz CT molecular complexity index is 615. The average Bonchev–Trinajstić information content (AvgIpc) is 2.70. The Kier molecular flexibility index (Phi) is 5.66. The molecule has 0 saturated heterocycles. The van der Waals surface area contributed by atoms with Crippen LogP contribution >= 0.6 is 82.3 Å². The number of thiophene rings is 1. The van der Waals surface area contributed by atoms with Crippen LogP contribution in [0.3, 0.4) is 0 Å². The van der Waals surface area contributed by atoms with Crippen molar-refractivity contribution in [3.8, 4) is 5.75 Å². The Morgan fingerprint density at radius 3 is 2.32 bits per heavy atom. The number of benzene rings is 1. The van der Waals surface area contributed by atoms with E-state index in [0.717, 1.165) is 18.7 Å². The Morgan fingerprint density at radius 2 is 1.79 bits per heavy atom. The molecule has 1 aromatic heterocycles. The fraction of sp³-hybridized carbons (Fsp3) is 0.167. The van der Waals surface area contributed by atoms with Crippen LogP contribution in [0.5, 0.6) is 5.75 Å². The largest absolute Gasteiger partial charge is 0.495 e. The summed E-state index contributed by atoms with van der Waals surface area (Å²) in [6.45, 7) is 0. The van der Waals surface area contributed by atoms with Crippen molar-refractivity contribution in [2.24, 2.45) is 0 Å². The lowest BCUT2D eigenvalue weighted by atomic mass is 10.1. The summed E-state index contributed by atoms with van der Waals surface area (Å²) in [6.07, 6.45) is 0. The molecule has 0 spiro atoms. The molecule has 0 amide bonds. The fourth-order valence-electron chi connectivity index (χ4n) is 1.59. The first-order valence-electron chi connectivity index (χ1n) is 5.05. The van der Waals surface area contributed by atoms with Gasteiger partial charge < -0.3 is 4.74 Å². The van der Waals surface area contributed by atoms with Gasteiger partial charge in [0.25, 0.3) is 0 Å². The number of alkyl halides is 1. The minimum absolute atomic E-state index is 0.0414. The van der Waals surface area contributed by atoms with E-state index in [1.54, 1.807) is 24.5 Å². The van der Waals surface area contributed by atoms with E-state index >= 15 is 0 Å². The highest BCUT2D eigenvalue weighted by molar-refractivity contribution is 9.12. The molecule has 1 atom stereocenters. The van der Waals surface area contributed by atoms with Crippen molar-refractivity contribution in [3.05, 3.63) is 46.9 Å². The maximum Gasteiger partial charge on any atom is 0.138 e. The zero-order chi connectivity index (χ0) is 14.2. The number of ether oxygens (including phenoxy) is 1. The zero-order valence-corrected chi connectivity index (χ0v) is 16.6. The molecular weight excluding hydrogens is 503 g/mol. The van der Waals surface area contributed by atoms with Gasteiger partial charge in [0, 0.05) is 11.1 Å². The number of hydrogen-bond acceptors (Lipinski definition) is 2. The van der Waals surface area contributed by atoms with Crippen molar-refractivity contribution >= 4 is 82.3 Å². The summed E-state index contributed by atoms with van der Waals surface area (Å²) in [6, 6.07) is 5.59. The third-order valence-electron chi connectivity index (χ3n) is 2.50. The number of methoxy groups -OCH3 is 1. The predicted octanol–water partition coefficient (Wildman–Crippen LogP) is 7.07. The molecule has 0 N–H and O–H groups in total. The number of rotatable bonds is 3. The molecule has 0 radical (unpaired) electrons. The van der Waals surface area contributed by atoms with E-state index in [4.69, 9.17) is 27.9 Å². The first kappa shape index (κ1) is 16.1. The van der Waals surface area contributed by atoms with Crippen LogP contribution in [0.4, 0.5) is 0 Å². The molecule has 102 valence electrons. The molecule has 19 heavy (non-hydrogen) atoms. The average molecular weight is 510 g/mol. The number of hydrogen-bond donors (Lipinski definition) is 0. The molecule has 1 aromatic carbocycles. The van der Waals surface area contributed by atoms with Gasteiger partial charge in [-0.25, -0.2) is 0 Å². The van der Waals surface area contributed by atoms with Gasteiger partial charge in [0.05, 0.1) is 24.5 Å². The minimum atomic E-state index is -0.0414. The highest BCUT2D eigenvalue weighted by Gasteiger charge is 2.20. The molecule has 2 rings (SSSR count). The summed E-state index contributed by atoms with van der Waals surface area (Å²) in [4.78, 5) is -0.0414. The summed E-state index contributed by atoms with van der Waals surface area (Å²) in [7, 11) is 1.56. The van der Waals surface area contributed by atoms with Gasteiger partial charge in [0.15, 0.2) is 0 Å². The Morgan fingerprint density at radius 1 is 1.11 bits per heavy atom. The molecule has 2 aromatic rings. The zero-order valence-electron chi connectivity index (χ0n) is 9.52. The monoisotopic (exact) mass is 506 g/mol. The van der Waals surface area contributed by atoms with Gasteiger partial charge in [-0.3, -0.25) is 0 Å². The topological polar surface area (TPSA) is 9.23 Å². The minimum Gasteiger partial charge on any atom is -0.495 e. The SMILES string of the molecule is COc1cc(Cl)c(C(Br)c2cc(Br)sc2Br)cc1Cl. The van der Waals surface area contributed by atoms with E-state index in [9.17, 15) is 0 Å². The van der Waals surface area contributed by atoms with Gasteiger partial charge >= 0.3 is 0 Å². The van der Waals surface area contributed by atoms with E-state index in [1.165, 1.54) is 0 Å². The molecule has 0 saturated carbocycles. The molecular formula is C12H7Br3Cl2OS. The first-order chi connectivity index (χ1) is 8.93. The van der Waals surface area contributed by atoms with Gasteiger partial charge in [-0.15, -0.1) is 11.3 Å². The summed E-state index contributed by atoms with van der Waals surface area (Å²) in [5.74, 6) is 0.570. The molecule has 0 bridgehead atoms. The summed E-state index contributed by atoms with van der Waals surface area (Å²) in [5.41, 5.74) is 2.00. The second-order valence-corrected chi connectivity index (χ2v) is 9.13. The second-order valence-electron chi connectivity index (χ2n) is 3.65. The summed E-state index contributed by atoms with van der Waals surface area (Å²) >= 11 is 24.7. The Labute approximate surface area is 150 Å². The van der Waals surface area contributed by atoms with Crippen molar-refractivity contribution in [3.63, 3.8) is 0 Å². The second kappa shape index (κ2) is 6.67. The van der Waals surface area contributed by atoms with E-state index in [1.807, 2.05) is 12.1 Å². The van der Waals surface area contributed by atoms with Crippen LogP contribution in [-0.4, -0.2) is 7.11 Å². The van der Waals surface area contributed by atoms with E-state index < -0.39 is 0 Å². The summed E-state index contributed by atoms with van der Waals surface area (Å²) < 4.78 is 7.24. The molecule has 0 aliphatic rings. The molecule has 0 aliphatic heterocycles. The summed E-state index contributed by atoms with van der Waals surface area (Å²) in [5, 5.41) is 1.15. The van der Waals surface area contributed by atoms with Crippen molar-refractivity contribution < 1.29 is 4.74 Å². The van der Waals surface area contributed by atoms with Gasteiger partial charge in [0.2, 0.25) is 0 Å². The molecule has 7 heteroatoms. The Hall–Kier alpha value is 0.740. The quantitative estimate of drug-likeness (QED) is 0.402. The number of halogens is 5. The van der Waals surface area contributed by atoms with Crippen LogP contribution in [0.2, 0.25) is 10.0 Å². The molecule has 0 aliphatic carbocycles. The van der Waals surface area contributed by atoms with Crippen molar-refractivity contribution in [1.29, 1.82) is 0 Å². The van der Waals surface area contributed by atoms with E-state index in [2.05, 4.69) is 47.8 Å². The molecule has 1 nitrogen and oxygen atoms in total.